The summed E-state index contributed by atoms with van der Waals surface area (Å²) in [4.78, 5) is 47.9. The Hall–Kier alpha value is -2.05. The maximum atomic E-state index is 12.2. The molecule has 0 bridgehead atoms. The van der Waals surface area contributed by atoms with Crippen LogP contribution in [0.3, 0.4) is 0 Å². The van der Waals surface area contributed by atoms with Crippen molar-refractivity contribution in [2.45, 2.75) is 70.1 Å². The van der Waals surface area contributed by atoms with E-state index in [0.717, 1.165) is 19.3 Å². The van der Waals surface area contributed by atoms with E-state index >= 15 is 0 Å². The van der Waals surface area contributed by atoms with E-state index in [9.17, 15) is 19.2 Å². The fourth-order valence-electron chi connectivity index (χ4n) is 2.45. The lowest BCUT2D eigenvalue weighted by atomic mass is 10.2. The number of thioether (sulfide) groups is 1. The predicted octanol–water partition coefficient (Wildman–Crippen LogP) is -0.250. The van der Waals surface area contributed by atoms with E-state index < -0.39 is 41.5 Å². The number of hydrogen-bond acceptors (Lipinski definition) is 8. The molecule has 3 atom stereocenters. The minimum absolute atomic E-state index is 0.0248. The van der Waals surface area contributed by atoms with Crippen molar-refractivity contribution < 1.29 is 28.7 Å². The number of rotatable bonds is 9. The number of nitrogens with two attached hydrogens (primary N) is 1. The highest BCUT2D eigenvalue weighted by Crippen LogP contribution is 2.23. The van der Waals surface area contributed by atoms with Gasteiger partial charge in [-0.05, 0) is 47.0 Å². The monoisotopic (exact) mass is 447 g/mol. The Morgan fingerprint density at radius 2 is 1.87 bits per heavy atom. The molecule has 12 heteroatoms. The third-order valence-corrected chi connectivity index (χ3v) is 5.20. The number of ether oxygens (including phenoxy) is 2. The molecular formula is C18H33N5O6S. The highest BCUT2D eigenvalue weighted by Gasteiger charge is 2.25. The van der Waals surface area contributed by atoms with Gasteiger partial charge < -0.3 is 25.4 Å². The van der Waals surface area contributed by atoms with Crippen LogP contribution >= 0.6 is 11.8 Å². The van der Waals surface area contributed by atoms with Crippen LogP contribution in [-0.4, -0.2) is 65.8 Å². The molecule has 11 nitrogen and oxygen atoms in total. The van der Waals surface area contributed by atoms with Crippen LogP contribution in [0.25, 0.3) is 0 Å². The second-order valence-corrected chi connectivity index (χ2v) is 9.04. The van der Waals surface area contributed by atoms with Crippen LogP contribution in [0, 0.1) is 0 Å². The van der Waals surface area contributed by atoms with E-state index in [1.54, 1.807) is 20.8 Å². The first kappa shape index (κ1) is 26.0. The summed E-state index contributed by atoms with van der Waals surface area (Å²) in [6, 6.07) is -1.78. The van der Waals surface area contributed by atoms with Crippen molar-refractivity contribution in [1.82, 2.24) is 21.4 Å². The number of carbonyl (C=O) groups is 4. The van der Waals surface area contributed by atoms with E-state index in [0.29, 0.717) is 6.61 Å². The Morgan fingerprint density at radius 3 is 2.43 bits per heavy atom. The Bertz CT molecular complexity index is 606. The molecule has 1 heterocycles. The molecule has 0 aromatic rings. The van der Waals surface area contributed by atoms with E-state index in [2.05, 4.69) is 16.0 Å². The average molecular weight is 448 g/mol. The van der Waals surface area contributed by atoms with E-state index in [1.165, 1.54) is 18.7 Å². The van der Waals surface area contributed by atoms with Crippen LogP contribution < -0.4 is 27.2 Å². The quantitative estimate of drug-likeness (QED) is 0.184. The highest BCUT2D eigenvalue weighted by atomic mass is 32.2. The van der Waals surface area contributed by atoms with Gasteiger partial charge in [0.05, 0.1) is 6.54 Å². The van der Waals surface area contributed by atoms with Gasteiger partial charge in [0.2, 0.25) is 11.8 Å². The number of hydrazine groups is 1. The normalized spacial score (nSPS) is 18.5. The third kappa shape index (κ3) is 10.6. The zero-order chi connectivity index (χ0) is 22.7. The minimum Gasteiger partial charge on any atom is -0.444 e. The molecule has 1 rings (SSSR count). The molecule has 0 radical (unpaired) electrons. The molecule has 30 heavy (non-hydrogen) atoms. The molecule has 1 aliphatic heterocycles. The maximum absolute atomic E-state index is 12.2. The van der Waals surface area contributed by atoms with Crippen LogP contribution in [0.2, 0.25) is 0 Å². The van der Waals surface area contributed by atoms with E-state index in [4.69, 9.17) is 15.3 Å². The molecule has 1 saturated heterocycles. The highest BCUT2D eigenvalue weighted by molar-refractivity contribution is 7.99. The molecule has 0 saturated carbocycles. The third-order valence-electron chi connectivity index (χ3n) is 3.93. The maximum Gasteiger partial charge on any atom is 0.408 e. The number of alkyl carbamates (subject to hydrolysis) is 1. The fraction of sp³-hybridized carbons (Fsp3) is 0.778. The second kappa shape index (κ2) is 12.6. The number of amides is 4. The Morgan fingerprint density at radius 1 is 1.17 bits per heavy atom. The molecule has 0 aromatic heterocycles. The van der Waals surface area contributed by atoms with Crippen molar-refractivity contribution in [2.75, 3.05) is 18.9 Å². The van der Waals surface area contributed by atoms with Gasteiger partial charge in [0.15, 0.2) is 0 Å². The average Bonchev–Trinajstić information content (AvgIpc) is 2.67. The number of hydrogen-bond donors (Lipinski definition) is 5. The smallest absolute Gasteiger partial charge is 0.408 e. The summed E-state index contributed by atoms with van der Waals surface area (Å²) in [5.41, 5.74) is 1.31. The van der Waals surface area contributed by atoms with Crippen LogP contribution in [0.1, 0.15) is 47.0 Å². The summed E-state index contributed by atoms with van der Waals surface area (Å²) < 4.78 is 10.7. The molecule has 172 valence electrons. The lowest BCUT2D eigenvalue weighted by Gasteiger charge is -2.24. The van der Waals surface area contributed by atoms with Gasteiger partial charge in [0, 0.05) is 12.4 Å². The van der Waals surface area contributed by atoms with Gasteiger partial charge in [0.1, 0.15) is 23.1 Å². The summed E-state index contributed by atoms with van der Waals surface area (Å²) in [5.74, 6) is 3.80. The first-order chi connectivity index (χ1) is 14.0. The van der Waals surface area contributed by atoms with Gasteiger partial charge >= 0.3 is 6.09 Å². The lowest BCUT2D eigenvalue weighted by molar-refractivity contribution is -0.129. The summed E-state index contributed by atoms with van der Waals surface area (Å²) in [6.07, 6.45) is 2.21. The minimum atomic E-state index is -0.908. The molecule has 0 spiro atoms. The first-order valence-corrected chi connectivity index (χ1v) is 10.9. The standard InChI is InChI=1S/C18H33N5O6S/c1-11(21-17(27)29-18(2,3)4)15(25)20-9-13(24)22-12(16(26)23-19)10-30-14-7-5-6-8-28-14/h11-12,14H,5-10,19H2,1-4H3,(H,20,25)(H,21,27)(H,22,24)(H,23,26)/t11-,12-,14-/m1/s1. The molecule has 1 aliphatic rings. The first-order valence-electron chi connectivity index (χ1n) is 9.82. The number of carbonyl (C=O) groups excluding carboxylic acids is 4. The summed E-state index contributed by atoms with van der Waals surface area (Å²) >= 11 is 1.43. The van der Waals surface area contributed by atoms with Crippen molar-refractivity contribution in [2.24, 2.45) is 5.84 Å². The fourth-order valence-corrected chi connectivity index (χ4v) is 3.61. The van der Waals surface area contributed by atoms with Gasteiger partial charge in [0.25, 0.3) is 5.91 Å². The van der Waals surface area contributed by atoms with Crippen molar-refractivity contribution >= 4 is 35.6 Å². The molecule has 0 aliphatic carbocycles. The largest absolute Gasteiger partial charge is 0.444 e. The topological polar surface area (TPSA) is 161 Å². The van der Waals surface area contributed by atoms with Gasteiger partial charge in [-0.1, -0.05) is 0 Å². The van der Waals surface area contributed by atoms with Crippen LogP contribution in [-0.2, 0) is 23.9 Å². The van der Waals surface area contributed by atoms with Gasteiger partial charge in [-0.25, -0.2) is 10.6 Å². The Labute approximate surface area is 180 Å². The molecular weight excluding hydrogens is 414 g/mol. The lowest BCUT2D eigenvalue weighted by Crippen LogP contribution is -2.53. The Kier molecular flexibility index (Phi) is 10.9. The molecule has 4 amide bonds. The molecule has 6 N–H and O–H groups in total. The summed E-state index contributed by atoms with van der Waals surface area (Å²) in [7, 11) is 0. The van der Waals surface area contributed by atoms with Crippen molar-refractivity contribution in [3.8, 4) is 0 Å². The molecule has 0 aromatic carbocycles. The van der Waals surface area contributed by atoms with E-state index in [-0.39, 0.29) is 17.7 Å². The zero-order valence-corrected chi connectivity index (χ0v) is 18.7. The molecule has 0 unspecified atom stereocenters. The van der Waals surface area contributed by atoms with Crippen molar-refractivity contribution in [3.63, 3.8) is 0 Å². The number of nitrogens with one attached hydrogen (secondary N) is 4. The SMILES string of the molecule is C[C@@H](NC(=O)OC(C)(C)C)C(=O)NCC(=O)N[C@H](CS[C@@H]1CCCCO1)C(=O)NN. The van der Waals surface area contributed by atoms with Gasteiger partial charge in [-0.15, -0.1) is 11.8 Å². The summed E-state index contributed by atoms with van der Waals surface area (Å²) in [5, 5.41) is 7.32. The molecule has 1 fully saturated rings. The van der Waals surface area contributed by atoms with Gasteiger partial charge in [-0.2, -0.15) is 0 Å². The van der Waals surface area contributed by atoms with Crippen molar-refractivity contribution in [3.05, 3.63) is 0 Å². The van der Waals surface area contributed by atoms with Crippen LogP contribution in [0.15, 0.2) is 0 Å². The second-order valence-electron chi connectivity index (χ2n) is 7.84. The van der Waals surface area contributed by atoms with E-state index in [1.807, 2.05) is 5.43 Å². The van der Waals surface area contributed by atoms with Crippen LogP contribution in [0.4, 0.5) is 4.79 Å². The predicted molar refractivity (Wildman–Crippen MR) is 112 cm³/mol. The zero-order valence-electron chi connectivity index (χ0n) is 17.9. The van der Waals surface area contributed by atoms with Crippen LogP contribution in [0.5, 0.6) is 0 Å². The summed E-state index contributed by atoms with van der Waals surface area (Å²) in [6.45, 7) is 6.89. The van der Waals surface area contributed by atoms with Crippen molar-refractivity contribution in [1.29, 1.82) is 0 Å². The van der Waals surface area contributed by atoms with Gasteiger partial charge in [-0.3, -0.25) is 19.8 Å². The Balaban J connectivity index is 2.43.